The summed E-state index contributed by atoms with van der Waals surface area (Å²) in [5, 5.41) is 11.9. The predicted molar refractivity (Wildman–Crippen MR) is 200 cm³/mol. The summed E-state index contributed by atoms with van der Waals surface area (Å²) < 4.78 is 0. The molecule has 3 aliphatic rings. The zero-order valence-corrected chi connectivity index (χ0v) is 29.7. The molecule has 0 radical (unpaired) electrons. The van der Waals surface area contributed by atoms with Crippen LogP contribution in [0.2, 0.25) is 0 Å². The first-order chi connectivity index (χ1) is 25.8. The van der Waals surface area contributed by atoms with Gasteiger partial charge in [-0.2, -0.15) is 0 Å². The van der Waals surface area contributed by atoms with Gasteiger partial charge in [-0.15, -0.1) is 0 Å². The number of benzene rings is 3. The Bertz CT molecular complexity index is 2080. The molecule has 3 saturated heterocycles. The number of nitrogens with one attached hydrogen (secondary N) is 3. The highest BCUT2D eigenvalue weighted by atomic mass is 16.4. The van der Waals surface area contributed by atoms with Gasteiger partial charge < -0.3 is 30.2 Å². The average Bonchev–Trinajstić information content (AvgIpc) is 4.03. The third-order valence-corrected chi connectivity index (χ3v) is 11.1. The zero-order valence-electron chi connectivity index (χ0n) is 29.7. The molecule has 2 aromatic heterocycles. The second kappa shape index (κ2) is 14.7. The molecule has 4 atom stereocenters. The van der Waals surface area contributed by atoms with Crippen LogP contribution in [0.15, 0.2) is 91.3 Å². The summed E-state index contributed by atoms with van der Waals surface area (Å²) in [7, 11) is 2.04. The number of hydrogen-bond acceptors (Lipinski definition) is 6. The minimum atomic E-state index is -1.25. The molecule has 0 aliphatic carbocycles. The van der Waals surface area contributed by atoms with Crippen LogP contribution in [-0.4, -0.2) is 90.4 Å². The number of H-pyrrole nitrogens is 2. The second-order valence-corrected chi connectivity index (χ2v) is 14.3. The minimum absolute atomic E-state index is 0.0123. The number of nitrogens with zero attached hydrogens (tertiary/aromatic N) is 5. The summed E-state index contributed by atoms with van der Waals surface area (Å²) in [6, 6.07) is 24.3. The summed E-state index contributed by atoms with van der Waals surface area (Å²) in [6.45, 7) is 2.28. The van der Waals surface area contributed by atoms with Crippen molar-refractivity contribution in [3.05, 3.63) is 108 Å². The van der Waals surface area contributed by atoms with E-state index in [1.165, 1.54) is 0 Å². The number of likely N-dealkylation sites (tertiary alicyclic amines) is 3. The number of likely N-dealkylation sites (N-methyl/N-ethyl adjacent to an activating group) is 1. The number of aromatic nitrogens is 4. The van der Waals surface area contributed by atoms with E-state index in [9.17, 15) is 19.5 Å². The lowest BCUT2D eigenvalue weighted by Gasteiger charge is -2.29. The highest BCUT2D eigenvalue weighted by Gasteiger charge is 2.39. The second-order valence-electron chi connectivity index (χ2n) is 14.3. The lowest BCUT2D eigenvalue weighted by molar-refractivity contribution is -0.136. The maximum absolute atomic E-state index is 13.7. The molecule has 3 fully saturated rings. The van der Waals surface area contributed by atoms with E-state index in [-0.39, 0.29) is 29.9 Å². The van der Waals surface area contributed by atoms with Crippen molar-refractivity contribution in [3.8, 4) is 33.6 Å². The molecule has 4 N–H and O–H groups in total. The van der Waals surface area contributed by atoms with Crippen molar-refractivity contribution in [2.24, 2.45) is 0 Å². The lowest BCUT2D eigenvalue weighted by atomic mass is 10.0. The fraction of sp³-hybridized carbons (Fsp3) is 0.341. The van der Waals surface area contributed by atoms with Crippen LogP contribution in [0.25, 0.3) is 33.6 Å². The average molecular weight is 713 g/mol. The van der Waals surface area contributed by atoms with Crippen LogP contribution in [0.5, 0.6) is 0 Å². The van der Waals surface area contributed by atoms with E-state index in [0.717, 1.165) is 91.1 Å². The molecule has 0 bridgehead atoms. The van der Waals surface area contributed by atoms with Crippen LogP contribution in [0.4, 0.5) is 4.79 Å². The molecule has 3 aromatic carbocycles. The van der Waals surface area contributed by atoms with Crippen LogP contribution in [0.1, 0.15) is 73.9 Å². The fourth-order valence-electron chi connectivity index (χ4n) is 8.26. The van der Waals surface area contributed by atoms with Crippen molar-refractivity contribution >= 4 is 17.9 Å². The molecule has 0 saturated carbocycles. The Kier molecular flexibility index (Phi) is 9.53. The smallest absolute Gasteiger partial charge is 0.405 e. The molecular weight excluding hydrogens is 669 g/mol. The van der Waals surface area contributed by atoms with E-state index in [2.05, 4.69) is 73.7 Å². The lowest BCUT2D eigenvalue weighted by Crippen LogP contribution is -2.44. The van der Waals surface area contributed by atoms with Gasteiger partial charge in [0.1, 0.15) is 17.7 Å². The Morgan fingerprint density at radius 3 is 1.74 bits per heavy atom. The standard InChI is InChI=1S/C41H44N8O4/c1-47-21-5-12-35(47)39(50)48-22-6-10-33(48)37-42-24-31(44-37)28-17-13-26(14-18-28)27-15-19-29(20-16-27)32-25-43-38(45-32)34-11-7-23-49(34)40(51)36(46-41(52)53)30-8-3-2-4-9-30/h2-4,8-9,13-20,24-25,33-36,46H,5-7,10-12,21-23H2,1H3,(H,42,44)(H,43,45)(H,52,53)/t33-,34-,35+,36+/m0/s1. The van der Waals surface area contributed by atoms with E-state index in [1.54, 1.807) is 35.4 Å². The van der Waals surface area contributed by atoms with Crippen molar-refractivity contribution in [3.63, 3.8) is 0 Å². The molecule has 12 nitrogen and oxygen atoms in total. The van der Waals surface area contributed by atoms with Gasteiger partial charge in [0.2, 0.25) is 5.91 Å². The fourth-order valence-corrected chi connectivity index (χ4v) is 8.26. The Hall–Kier alpha value is -5.75. The van der Waals surface area contributed by atoms with Crippen molar-refractivity contribution in [2.45, 2.75) is 62.7 Å². The van der Waals surface area contributed by atoms with E-state index >= 15 is 0 Å². The van der Waals surface area contributed by atoms with Gasteiger partial charge in [0.05, 0.1) is 41.9 Å². The number of carbonyl (C=O) groups is 3. The number of amides is 3. The van der Waals surface area contributed by atoms with Gasteiger partial charge in [-0.05, 0) is 79.9 Å². The van der Waals surface area contributed by atoms with Crippen LogP contribution >= 0.6 is 0 Å². The highest BCUT2D eigenvalue weighted by Crippen LogP contribution is 2.36. The molecule has 0 unspecified atom stereocenters. The van der Waals surface area contributed by atoms with E-state index in [1.807, 2.05) is 24.2 Å². The van der Waals surface area contributed by atoms with E-state index < -0.39 is 12.1 Å². The van der Waals surface area contributed by atoms with Crippen LogP contribution in [0.3, 0.4) is 0 Å². The van der Waals surface area contributed by atoms with Crippen molar-refractivity contribution in [2.75, 3.05) is 26.7 Å². The number of carboxylic acid groups (broad SMARTS) is 1. The topological polar surface area (TPSA) is 151 Å². The van der Waals surface area contributed by atoms with Gasteiger partial charge in [0, 0.05) is 13.1 Å². The summed E-state index contributed by atoms with van der Waals surface area (Å²) in [5.74, 6) is 1.47. The summed E-state index contributed by atoms with van der Waals surface area (Å²) in [6.07, 6.45) is 7.85. The van der Waals surface area contributed by atoms with Gasteiger partial charge >= 0.3 is 6.09 Å². The molecule has 3 aliphatic heterocycles. The van der Waals surface area contributed by atoms with Gasteiger partial charge in [-0.1, -0.05) is 78.9 Å². The number of carbonyl (C=O) groups excluding carboxylic acids is 2. The third-order valence-electron chi connectivity index (χ3n) is 11.1. The molecule has 272 valence electrons. The first-order valence-electron chi connectivity index (χ1n) is 18.5. The molecule has 12 heteroatoms. The Morgan fingerprint density at radius 1 is 0.698 bits per heavy atom. The molecule has 8 rings (SSSR count). The quantitative estimate of drug-likeness (QED) is 0.135. The number of imidazole rings is 2. The molecule has 0 spiro atoms. The SMILES string of the molecule is CN1CCC[C@@H]1C(=O)N1CCC[C@H]1c1ncc(-c2ccc(-c3ccc(-c4cnc([C@@H]5CCCN5C(=O)[C@H](NC(=O)O)c5ccccc5)[nH]4)cc3)cc2)[nH]1. The van der Waals surface area contributed by atoms with Gasteiger partial charge in [0.25, 0.3) is 5.91 Å². The largest absolute Gasteiger partial charge is 0.465 e. The van der Waals surface area contributed by atoms with E-state index in [4.69, 9.17) is 4.98 Å². The monoisotopic (exact) mass is 712 g/mol. The molecule has 53 heavy (non-hydrogen) atoms. The highest BCUT2D eigenvalue weighted by molar-refractivity contribution is 5.87. The molecule has 5 aromatic rings. The van der Waals surface area contributed by atoms with Gasteiger partial charge in [0.15, 0.2) is 0 Å². The zero-order chi connectivity index (χ0) is 36.5. The number of aromatic amines is 2. The van der Waals surface area contributed by atoms with Crippen LogP contribution in [0, 0.1) is 0 Å². The molecule has 3 amide bonds. The van der Waals surface area contributed by atoms with Gasteiger partial charge in [-0.25, -0.2) is 14.8 Å². The summed E-state index contributed by atoms with van der Waals surface area (Å²) in [4.78, 5) is 60.9. The Labute approximate surface area is 308 Å². The van der Waals surface area contributed by atoms with Gasteiger partial charge in [-0.3, -0.25) is 14.5 Å². The number of rotatable bonds is 9. The normalized spacial score (nSPS) is 20.9. The van der Waals surface area contributed by atoms with Crippen LogP contribution < -0.4 is 5.32 Å². The summed E-state index contributed by atoms with van der Waals surface area (Å²) in [5.41, 5.74) is 6.55. The van der Waals surface area contributed by atoms with Crippen molar-refractivity contribution in [1.29, 1.82) is 0 Å². The van der Waals surface area contributed by atoms with Crippen LogP contribution in [-0.2, 0) is 9.59 Å². The van der Waals surface area contributed by atoms with Crippen molar-refractivity contribution in [1.82, 2.24) is 40.0 Å². The number of hydrogen-bond donors (Lipinski definition) is 4. The summed E-state index contributed by atoms with van der Waals surface area (Å²) >= 11 is 0. The third kappa shape index (κ3) is 6.94. The molecular formula is C41H44N8O4. The maximum atomic E-state index is 13.7. The van der Waals surface area contributed by atoms with E-state index in [0.29, 0.717) is 17.9 Å². The predicted octanol–water partition coefficient (Wildman–Crippen LogP) is 6.56. The Morgan fingerprint density at radius 2 is 1.21 bits per heavy atom. The maximum Gasteiger partial charge on any atom is 0.405 e. The first-order valence-corrected chi connectivity index (χ1v) is 18.5. The minimum Gasteiger partial charge on any atom is -0.465 e. The first kappa shape index (κ1) is 34.3. The Balaban J connectivity index is 0.928. The van der Waals surface area contributed by atoms with Crippen molar-refractivity contribution < 1.29 is 19.5 Å². The molecule has 5 heterocycles.